The summed E-state index contributed by atoms with van der Waals surface area (Å²) in [6.07, 6.45) is 38.0. The molecule has 1 amide bonds. The summed E-state index contributed by atoms with van der Waals surface area (Å²) in [5.74, 6) is -0.204. The summed E-state index contributed by atoms with van der Waals surface area (Å²) < 4.78 is 22.0. The van der Waals surface area contributed by atoms with Crippen LogP contribution in [-0.4, -0.2) is 47.8 Å². The third kappa shape index (κ3) is 33.3. The Morgan fingerprint density at radius 3 is 1.64 bits per heavy atom. The van der Waals surface area contributed by atoms with Gasteiger partial charge < -0.3 is 21.1 Å². The number of unbranched alkanes of at least 4 members (excludes halogenated alkanes) is 22. The number of aliphatic hydroxyl groups is 1. The normalized spacial score (nSPS) is 14.6. The Balaban J connectivity index is 4.25. The van der Waals surface area contributed by atoms with Gasteiger partial charge in [-0.2, -0.15) is 0 Å². The van der Waals surface area contributed by atoms with Crippen molar-refractivity contribution in [2.45, 2.75) is 193 Å². The van der Waals surface area contributed by atoms with Crippen molar-refractivity contribution in [1.29, 1.82) is 0 Å². The lowest BCUT2D eigenvalue weighted by molar-refractivity contribution is -0.123. The highest BCUT2D eigenvalue weighted by atomic mass is 31.2. The van der Waals surface area contributed by atoms with Crippen molar-refractivity contribution >= 4 is 13.7 Å². The number of rotatable bonds is 36. The van der Waals surface area contributed by atoms with Crippen LogP contribution in [-0.2, 0) is 18.4 Å². The van der Waals surface area contributed by atoms with Crippen LogP contribution in [0.15, 0.2) is 24.3 Å². The molecule has 8 nitrogen and oxygen atoms in total. The molecule has 0 saturated heterocycles. The van der Waals surface area contributed by atoms with E-state index in [0.29, 0.717) is 6.42 Å². The van der Waals surface area contributed by atoms with Crippen molar-refractivity contribution in [3.8, 4) is 0 Å². The number of carbonyl (C=O) groups excluding carboxylic acids is 1. The highest BCUT2D eigenvalue weighted by Crippen LogP contribution is 2.43. The molecule has 0 heterocycles. The number of amides is 1. The van der Waals surface area contributed by atoms with E-state index in [-0.39, 0.29) is 25.7 Å². The summed E-state index contributed by atoms with van der Waals surface area (Å²) in [4.78, 5) is 22.6. The van der Waals surface area contributed by atoms with E-state index in [4.69, 9.17) is 14.8 Å². The fourth-order valence-electron chi connectivity index (χ4n) is 5.56. The summed E-state index contributed by atoms with van der Waals surface area (Å²) in [5, 5.41) is 13.6. The molecule has 0 radical (unpaired) electrons. The molecule has 0 rings (SSSR count). The van der Waals surface area contributed by atoms with E-state index in [2.05, 4.69) is 31.3 Å². The molecular formula is C38H75N2O6P. The zero-order valence-corrected chi connectivity index (χ0v) is 31.4. The van der Waals surface area contributed by atoms with E-state index in [1.807, 2.05) is 6.08 Å². The predicted molar refractivity (Wildman–Crippen MR) is 198 cm³/mol. The third-order valence-corrected chi connectivity index (χ3v) is 9.51. The van der Waals surface area contributed by atoms with Crippen LogP contribution in [0.4, 0.5) is 0 Å². The van der Waals surface area contributed by atoms with Crippen molar-refractivity contribution in [1.82, 2.24) is 5.32 Å². The van der Waals surface area contributed by atoms with Gasteiger partial charge in [-0.25, -0.2) is 4.57 Å². The van der Waals surface area contributed by atoms with Gasteiger partial charge in [0.15, 0.2) is 0 Å². The van der Waals surface area contributed by atoms with Crippen LogP contribution < -0.4 is 11.1 Å². The van der Waals surface area contributed by atoms with Crippen molar-refractivity contribution in [3.63, 3.8) is 0 Å². The number of carbonyl (C=O) groups is 1. The van der Waals surface area contributed by atoms with Gasteiger partial charge in [-0.15, -0.1) is 0 Å². The molecule has 3 atom stereocenters. The zero-order valence-electron chi connectivity index (χ0n) is 30.5. The summed E-state index contributed by atoms with van der Waals surface area (Å²) in [6, 6.07) is -0.870. The first-order valence-electron chi connectivity index (χ1n) is 19.5. The van der Waals surface area contributed by atoms with Gasteiger partial charge in [0.2, 0.25) is 5.91 Å². The van der Waals surface area contributed by atoms with Crippen LogP contribution in [0.2, 0.25) is 0 Å². The molecule has 5 N–H and O–H groups in total. The van der Waals surface area contributed by atoms with Gasteiger partial charge in [0.05, 0.1) is 25.4 Å². The molecule has 0 spiro atoms. The minimum atomic E-state index is -4.33. The quantitative estimate of drug-likeness (QED) is 0.0293. The minimum absolute atomic E-state index is 0.0755. The molecule has 47 heavy (non-hydrogen) atoms. The SMILES string of the molecule is CCCCCCC/C=C/CC/C=C/C(O)C(COP(=O)(O)OCCN)NC(=O)CCCCCCCCCCCCCCCCCCC. The molecule has 0 aliphatic heterocycles. The van der Waals surface area contributed by atoms with Crippen LogP contribution in [0.5, 0.6) is 0 Å². The molecule has 0 aliphatic rings. The molecule has 0 bridgehead atoms. The highest BCUT2D eigenvalue weighted by Gasteiger charge is 2.26. The number of phosphoric acid groups is 1. The summed E-state index contributed by atoms with van der Waals surface area (Å²) in [5.41, 5.74) is 5.35. The van der Waals surface area contributed by atoms with Crippen molar-refractivity contribution in [2.75, 3.05) is 19.8 Å². The Kier molecular flexibility index (Phi) is 34.1. The molecule has 0 saturated carbocycles. The van der Waals surface area contributed by atoms with Gasteiger partial charge >= 0.3 is 7.82 Å². The van der Waals surface area contributed by atoms with E-state index in [1.54, 1.807) is 6.08 Å². The smallest absolute Gasteiger partial charge is 0.387 e. The van der Waals surface area contributed by atoms with Gasteiger partial charge in [0, 0.05) is 13.0 Å². The van der Waals surface area contributed by atoms with Gasteiger partial charge in [-0.1, -0.05) is 167 Å². The Labute approximate surface area is 289 Å². The summed E-state index contributed by atoms with van der Waals surface area (Å²) in [6.45, 7) is 4.09. The molecule has 9 heteroatoms. The van der Waals surface area contributed by atoms with Crippen LogP contribution in [0.3, 0.4) is 0 Å². The fourth-order valence-corrected chi connectivity index (χ4v) is 6.32. The second-order valence-electron chi connectivity index (χ2n) is 13.1. The number of phosphoric ester groups is 1. The average molecular weight is 687 g/mol. The number of aliphatic hydroxyl groups excluding tert-OH is 1. The van der Waals surface area contributed by atoms with Crippen molar-refractivity contribution < 1.29 is 28.4 Å². The summed E-state index contributed by atoms with van der Waals surface area (Å²) in [7, 11) is -4.33. The molecule has 0 aromatic carbocycles. The Bertz CT molecular complexity index is 794. The second-order valence-corrected chi connectivity index (χ2v) is 14.6. The number of hydrogen-bond donors (Lipinski definition) is 4. The van der Waals surface area contributed by atoms with Crippen LogP contribution in [0, 0.1) is 0 Å². The maximum absolute atomic E-state index is 12.7. The van der Waals surface area contributed by atoms with E-state index >= 15 is 0 Å². The van der Waals surface area contributed by atoms with Crippen LogP contribution in [0.1, 0.15) is 181 Å². The van der Waals surface area contributed by atoms with Gasteiger partial charge in [0.1, 0.15) is 0 Å². The van der Waals surface area contributed by atoms with Crippen LogP contribution in [0.25, 0.3) is 0 Å². The van der Waals surface area contributed by atoms with E-state index in [9.17, 15) is 19.4 Å². The largest absolute Gasteiger partial charge is 0.472 e. The topological polar surface area (TPSA) is 131 Å². The Morgan fingerprint density at radius 1 is 0.681 bits per heavy atom. The van der Waals surface area contributed by atoms with E-state index in [1.165, 1.54) is 122 Å². The third-order valence-electron chi connectivity index (χ3n) is 8.53. The van der Waals surface area contributed by atoms with E-state index in [0.717, 1.165) is 38.5 Å². The maximum Gasteiger partial charge on any atom is 0.472 e. The average Bonchev–Trinajstić information content (AvgIpc) is 3.05. The first-order chi connectivity index (χ1) is 22.9. The maximum atomic E-state index is 12.7. The Morgan fingerprint density at radius 2 is 1.13 bits per heavy atom. The molecule has 0 aromatic rings. The minimum Gasteiger partial charge on any atom is -0.387 e. The highest BCUT2D eigenvalue weighted by molar-refractivity contribution is 7.47. The number of allylic oxidation sites excluding steroid dienone is 3. The molecule has 0 aromatic heterocycles. The molecular weight excluding hydrogens is 611 g/mol. The molecule has 3 unspecified atom stereocenters. The monoisotopic (exact) mass is 687 g/mol. The van der Waals surface area contributed by atoms with Crippen molar-refractivity contribution in [3.05, 3.63) is 24.3 Å². The van der Waals surface area contributed by atoms with Crippen LogP contribution >= 0.6 is 7.82 Å². The number of nitrogens with two attached hydrogens (primary N) is 1. The second kappa shape index (κ2) is 34.8. The molecule has 278 valence electrons. The first kappa shape index (κ1) is 46.0. The standard InChI is InChI=1S/C38H75N2O6P/c1-3-5-7-9-11-13-15-16-17-18-19-20-22-24-26-28-30-32-38(42)40-36(35-46-47(43,44)45-34-33-39)37(41)31-29-27-25-23-21-14-12-10-8-6-4-2/h21,23,29,31,36-37,41H,3-20,22,24-28,30,32-35,39H2,1-2H3,(H,40,42)(H,43,44)/b23-21+,31-29+. The molecule has 0 fully saturated rings. The lowest BCUT2D eigenvalue weighted by Gasteiger charge is -2.23. The summed E-state index contributed by atoms with van der Waals surface area (Å²) >= 11 is 0. The Hall–Kier alpha value is -1.02. The lowest BCUT2D eigenvalue weighted by atomic mass is 10.0. The number of hydrogen-bond acceptors (Lipinski definition) is 6. The predicted octanol–water partition coefficient (Wildman–Crippen LogP) is 10.2. The van der Waals surface area contributed by atoms with Gasteiger partial charge in [-0.3, -0.25) is 13.8 Å². The zero-order chi connectivity index (χ0) is 34.7. The van der Waals surface area contributed by atoms with E-state index < -0.39 is 20.0 Å². The van der Waals surface area contributed by atoms with Gasteiger partial charge in [-0.05, 0) is 32.1 Å². The first-order valence-corrected chi connectivity index (χ1v) is 21.0. The van der Waals surface area contributed by atoms with Crippen molar-refractivity contribution in [2.24, 2.45) is 5.73 Å². The van der Waals surface area contributed by atoms with Gasteiger partial charge in [0.25, 0.3) is 0 Å². The fraction of sp³-hybridized carbons (Fsp3) is 0.868. The number of nitrogens with one attached hydrogen (secondary N) is 1. The molecule has 0 aliphatic carbocycles. The lowest BCUT2D eigenvalue weighted by Crippen LogP contribution is -2.45.